The predicted molar refractivity (Wildman–Crippen MR) is 70.9 cm³/mol. The number of aromatic nitrogens is 2. The van der Waals surface area contributed by atoms with E-state index in [2.05, 4.69) is 29.2 Å². The molecule has 0 bridgehead atoms. The zero-order valence-electron chi connectivity index (χ0n) is 11.4. The van der Waals surface area contributed by atoms with Gasteiger partial charge in [0.05, 0.1) is 6.20 Å². The Balaban J connectivity index is 2.52. The summed E-state index contributed by atoms with van der Waals surface area (Å²) in [7, 11) is 1.82. The second-order valence-electron chi connectivity index (χ2n) is 4.26. The minimum absolute atomic E-state index is 0.373. The number of nitrogens with one attached hydrogen (secondary N) is 1. The van der Waals surface area contributed by atoms with Crippen molar-refractivity contribution in [3.05, 3.63) is 18.0 Å². The van der Waals surface area contributed by atoms with Crippen LogP contribution in [0.5, 0.6) is 0 Å². The Morgan fingerprint density at radius 2 is 2.22 bits per heavy atom. The van der Waals surface area contributed by atoms with Crippen LogP contribution in [0, 0.1) is 0 Å². The van der Waals surface area contributed by atoms with E-state index in [1.54, 1.807) is 17.1 Å². The summed E-state index contributed by atoms with van der Waals surface area (Å²) in [5.74, 6) is -0.373. The van der Waals surface area contributed by atoms with Crippen LogP contribution in [0.4, 0.5) is 0 Å². The number of nitrogens with zero attached hydrogens (tertiary/aromatic N) is 3. The van der Waals surface area contributed by atoms with E-state index in [1.807, 2.05) is 7.05 Å². The highest BCUT2D eigenvalue weighted by atomic mass is 16.1. The summed E-state index contributed by atoms with van der Waals surface area (Å²) in [5, 5.41) is 7.23. The van der Waals surface area contributed by atoms with Crippen LogP contribution < -0.4 is 11.1 Å². The molecule has 0 fully saturated rings. The minimum Gasteiger partial charge on any atom is -0.368 e. The fourth-order valence-corrected chi connectivity index (χ4v) is 1.88. The summed E-state index contributed by atoms with van der Waals surface area (Å²) < 4.78 is 1.66. The molecule has 6 nitrogen and oxygen atoms in total. The first-order chi connectivity index (χ1) is 8.58. The molecule has 1 rings (SSSR count). The fourth-order valence-electron chi connectivity index (χ4n) is 1.88. The highest BCUT2D eigenvalue weighted by Gasteiger charge is 2.18. The smallest absolute Gasteiger partial charge is 0.239 e. The first-order valence-corrected chi connectivity index (χ1v) is 6.32. The van der Waals surface area contributed by atoms with E-state index in [9.17, 15) is 4.79 Å². The number of primary amides is 1. The summed E-state index contributed by atoms with van der Waals surface area (Å²) in [6.07, 6.45) is 3.47. The van der Waals surface area contributed by atoms with E-state index < -0.39 is 6.04 Å². The van der Waals surface area contributed by atoms with Crippen LogP contribution in [0.25, 0.3) is 0 Å². The van der Waals surface area contributed by atoms with Gasteiger partial charge in [0.25, 0.3) is 0 Å². The molecule has 1 amide bonds. The van der Waals surface area contributed by atoms with Gasteiger partial charge >= 0.3 is 0 Å². The molecular weight excluding hydrogens is 230 g/mol. The SMILES string of the molecule is CCN(CC)CCNC(C(N)=O)c1cnn(C)c1. The first-order valence-electron chi connectivity index (χ1n) is 6.32. The molecule has 0 saturated heterocycles. The third kappa shape index (κ3) is 4.12. The number of nitrogens with two attached hydrogens (primary N) is 1. The maximum atomic E-state index is 11.4. The van der Waals surface area contributed by atoms with Crippen LogP contribution in [0.1, 0.15) is 25.5 Å². The number of hydrogen-bond acceptors (Lipinski definition) is 4. The third-order valence-electron chi connectivity index (χ3n) is 3.01. The van der Waals surface area contributed by atoms with Crippen LogP contribution in [0.3, 0.4) is 0 Å². The highest BCUT2D eigenvalue weighted by Crippen LogP contribution is 2.10. The van der Waals surface area contributed by atoms with Crippen LogP contribution in [-0.2, 0) is 11.8 Å². The Morgan fingerprint density at radius 3 is 2.67 bits per heavy atom. The maximum absolute atomic E-state index is 11.4. The monoisotopic (exact) mass is 253 g/mol. The van der Waals surface area contributed by atoms with Crippen molar-refractivity contribution in [1.29, 1.82) is 0 Å². The molecule has 3 N–H and O–H groups in total. The second-order valence-corrected chi connectivity index (χ2v) is 4.26. The molecule has 0 aliphatic carbocycles. The van der Waals surface area contributed by atoms with Gasteiger partial charge in [-0.1, -0.05) is 13.8 Å². The van der Waals surface area contributed by atoms with Crippen molar-refractivity contribution >= 4 is 5.91 Å². The Kier molecular flexibility index (Phi) is 5.80. The Morgan fingerprint density at radius 1 is 1.56 bits per heavy atom. The average molecular weight is 253 g/mol. The van der Waals surface area contributed by atoms with Gasteiger partial charge < -0.3 is 16.0 Å². The van der Waals surface area contributed by atoms with Crippen molar-refractivity contribution in [2.75, 3.05) is 26.2 Å². The normalized spacial score (nSPS) is 12.9. The van der Waals surface area contributed by atoms with Crippen LogP contribution >= 0.6 is 0 Å². The van der Waals surface area contributed by atoms with Crippen LogP contribution in [-0.4, -0.2) is 46.8 Å². The van der Waals surface area contributed by atoms with Gasteiger partial charge in [-0.2, -0.15) is 5.10 Å². The van der Waals surface area contributed by atoms with Gasteiger partial charge in [0.1, 0.15) is 6.04 Å². The molecule has 0 saturated carbocycles. The summed E-state index contributed by atoms with van der Waals surface area (Å²) in [6.45, 7) is 7.88. The lowest BCUT2D eigenvalue weighted by Gasteiger charge is -2.20. The van der Waals surface area contributed by atoms with Gasteiger partial charge in [-0.3, -0.25) is 9.48 Å². The lowest BCUT2D eigenvalue weighted by molar-refractivity contribution is -0.120. The van der Waals surface area contributed by atoms with Gasteiger partial charge in [-0.25, -0.2) is 0 Å². The average Bonchev–Trinajstić information content (AvgIpc) is 2.75. The topological polar surface area (TPSA) is 76.2 Å². The van der Waals surface area contributed by atoms with Gasteiger partial charge in [0, 0.05) is 31.9 Å². The molecule has 1 aromatic rings. The number of likely N-dealkylation sites (N-methyl/N-ethyl adjacent to an activating group) is 1. The van der Waals surface area contributed by atoms with Crippen molar-refractivity contribution < 1.29 is 4.79 Å². The number of carbonyl (C=O) groups is 1. The van der Waals surface area contributed by atoms with E-state index in [0.29, 0.717) is 0 Å². The molecule has 0 aliphatic heterocycles. The molecule has 0 aliphatic rings. The van der Waals surface area contributed by atoms with E-state index in [0.717, 1.165) is 31.7 Å². The van der Waals surface area contributed by atoms with E-state index in [-0.39, 0.29) is 5.91 Å². The molecule has 0 spiro atoms. The fraction of sp³-hybridized carbons (Fsp3) is 0.667. The highest BCUT2D eigenvalue weighted by molar-refractivity contribution is 5.81. The Bertz CT molecular complexity index is 372. The second kappa shape index (κ2) is 7.13. The van der Waals surface area contributed by atoms with Crippen molar-refractivity contribution in [2.24, 2.45) is 12.8 Å². The summed E-state index contributed by atoms with van der Waals surface area (Å²) in [4.78, 5) is 13.7. The molecule has 18 heavy (non-hydrogen) atoms. The summed E-state index contributed by atoms with van der Waals surface area (Å²) in [5.41, 5.74) is 6.22. The van der Waals surface area contributed by atoms with Gasteiger partial charge in [-0.05, 0) is 13.1 Å². The van der Waals surface area contributed by atoms with E-state index in [4.69, 9.17) is 5.73 Å². The lowest BCUT2D eigenvalue weighted by atomic mass is 10.1. The van der Waals surface area contributed by atoms with Crippen LogP contribution in [0.2, 0.25) is 0 Å². The number of amides is 1. The number of hydrogen-bond donors (Lipinski definition) is 2. The van der Waals surface area contributed by atoms with Crippen molar-refractivity contribution in [1.82, 2.24) is 20.0 Å². The van der Waals surface area contributed by atoms with E-state index in [1.165, 1.54) is 0 Å². The standard InChI is InChI=1S/C12H23N5O/c1-4-17(5-2)7-6-14-11(12(13)18)10-8-15-16(3)9-10/h8-9,11,14H,4-7H2,1-3H3,(H2,13,18). The van der Waals surface area contributed by atoms with E-state index >= 15 is 0 Å². The first kappa shape index (κ1) is 14.7. The number of carbonyl (C=O) groups excluding carboxylic acids is 1. The molecule has 1 unspecified atom stereocenters. The van der Waals surface area contributed by atoms with Crippen molar-refractivity contribution in [2.45, 2.75) is 19.9 Å². The molecule has 0 radical (unpaired) electrons. The third-order valence-corrected chi connectivity index (χ3v) is 3.01. The number of aryl methyl sites for hydroxylation is 1. The van der Waals surface area contributed by atoms with Gasteiger partial charge in [0.2, 0.25) is 5.91 Å². The van der Waals surface area contributed by atoms with Gasteiger partial charge in [0.15, 0.2) is 0 Å². The zero-order chi connectivity index (χ0) is 13.5. The Labute approximate surface area is 108 Å². The maximum Gasteiger partial charge on any atom is 0.239 e. The van der Waals surface area contributed by atoms with Crippen molar-refractivity contribution in [3.63, 3.8) is 0 Å². The summed E-state index contributed by atoms with van der Waals surface area (Å²) >= 11 is 0. The lowest BCUT2D eigenvalue weighted by Crippen LogP contribution is -2.38. The van der Waals surface area contributed by atoms with Crippen LogP contribution in [0.15, 0.2) is 12.4 Å². The molecule has 1 heterocycles. The zero-order valence-corrected chi connectivity index (χ0v) is 11.4. The largest absolute Gasteiger partial charge is 0.368 e. The molecule has 102 valence electrons. The Hall–Kier alpha value is -1.40. The molecular formula is C12H23N5O. The predicted octanol–water partition coefficient (Wildman–Crippen LogP) is -0.122. The van der Waals surface area contributed by atoms with Gasteiger partial charge in [-0.15, -0.1) is 0 Å². The quantitative estimate of drug-likeness (QED) is 0.677. The van der Waals surface area contributed by atoms with Crippen molar-refractivity contribution in [3.8, 4) is 0 Å². The summed E-state index contributed by atoms with van der Waals surface area (Å²) in [6, 6.07) is -0.464. The molecule has 0 aromatic carbocycles. The minimum atomic E-state index is -0.464. The molecule has 6 heteroatoms. The molecule has 1 aromatic heterocycles. The number of rotatable bonds is 8. The molecule has 1 atom stereocenters.